The SMILES string of the molecule is CCCc1cc(C(C)(C)Cc2c(F)cccc2Cl)c(C#N)cc1F. The molecule has 0 amide bonds. The van der Waals surface area contributed by atoms with E-state index < -0.39 is 5.41 Å². The van der Waals surface area contributed by atoms with Crippen LogP contribution < -0.4 is 0 Å². The lowest BCUT2D eigenvalue weighted by atomic mass is 9.76. The Balaban J connectivity index is 2.52. The fraction of sp³-hybridized carbons (Fsp3) is 0.350. The Morgan fingerprint density at radius 2 is 1.88 bits per heavy atom. The van der Waals surface area contributed by atoms with Gasteiger partial charge in [-0.2, -0.15) is 5.26 Å². The summed E-state index contributed by atoms with van der Waals surface area (Å²) in [6, 6.07) is 9.66. The molecule has 0 spiro atoms. The van der Waals surface area contributed by atoms with Crippen molar-refractivity contribution >= 4 is 11.6 Å². The van der Waals surface area contributed by atoms with Crippen LogP contribution in [-0.2, 0) is 18.3 Å². The van der Waals surface area contributed by atoms with Gasteiger partial charge in [-0.15, -0.1) is 0 Å². The Bertz CT molecular complexity index is 771. The molecule has 0 bridgehead atoms. The van der Waals surface area contributed by atoms with Gasteiger partial charge < -0.3 is 0 Å². The molecular formula is C20H20ClF2N. The lowest BCUT2D eigenvalue weighted by Gasteiger charge is -2.28. The monoisotopic (exact) mass is 347 g/mol. The summed E-state index contributed by atoms with van der Waals surface area (Å²) in [5.74, 6) is -0.734. The summed E-state index contributed by atoms with van der Waals surface area (Å²) in [5, 5.41) is 9.74. The van der Waals surface area contributed by atoms with Gasteiger partial charge in [0, 0.05) is 10.6 Å². The number of hydrogen-bond donors (Lipinski definition) is 0. The second-order valence-corrected chi connectivity index (χ2v) is 7.02. The Morgan fingerprint density at radius 1 is 1.17 bits per heavy atom. The Hall–Kier alpha value is -1.92. The molecule has 0 fully saturated rings. The Morgan fingerprint density at radius 3 is 2.46 bits per heavy atom. The van der Waals surface area contributed by atoms with Gasteiger partial charge in [-0.3, -0.25) is 0 Å². The van der Waals surface area contributed by atoms with Gasteiger partial charge in [-0.25, -0.2) is 8.78 Å². The largest absolute Gasteiger partial charge is 0.207 e. The summed E-state index contributed by atoms with van der Waals surface area (Å²) in [6.07, 6.45) is 1.73. The minimum absolute atomic E-state index is 0.282. The number of rotatable bonds is 5. The number of nitriles is 1. The van der Waals surface area contributed by atoms with Crippen LogP contribution in [0.3, 0.4) is 0 Å². The zero-order valence-corrected chi connectivity index (χ0v) is 14.8. The van der Waals surface area contributed by atoms with E-state index in [2.05, 4.69) is 6.07 Å². The van der Waals surface area contributed by atoms with Gasteiger partial charge in [-0.1, -0.05) is 50.9 Å². The van der Waals surface area contributed by atoms with Crippen molar-refractivity contribution in [1.29, 1.82) is 5.26 Å². The van der Waals surface area contributed by atoms with Gasteiger partial charge in [-0.05, 0) is 47.6 Å². The normalized spacial score (nSPS) is 11.4. The highest BCUT2D eigenvalue weighted by Gasteiger charge is 2.28. The molecule has 126 valence electrons. The van der Waals surface area contributed by atoms with Crippen molar-refractivity contribution in [2.75, 3.05) is 0 Å². The van der Waals surface area contributed by atoms with E-state index in [0.29, 0.717) is 34.6 Å². The second-order valence-electron chi connectivity index (χ2n) is 6.61. The molecule has 2 aromatic rings. The zero-order valence-electron chi connectivity index (χ0n) is 14.1. The minimum atomic E-state index is -0.562. The van der Waals surface area contributed by atoms with E-state index in [1.807, 2.05) is 20.8 Å². The fourth-order valence-electron chi connectivity index (χ4n) is 2.97. The third kappa shape index (κ3) is 3.76. The lowest BCUT2D eigenvalue weighted by Crippen LogP contribution is -2.23. The van der Waals surface area contributed by atoms with Crippen LogP contribution in [0.2, 0.25) is 5.02 Å². The summed E-state index contributed by atoms with van der Waals surface area (Å²) in [5.41, 5.74) is 1.43. The Kier molecular flexibility index (Phi) is 5.62. The molecule has 0 atom stereocenters. The highest BCUT2D eigenvalue weighted by Crippen LogP contribution is 2.35. The first-order valence-corrected chi connectivity index (χ1v) is 8.34. The first kappa shape index (κ1) is 18.4. The molecule has 0 aliphatic heterocycles. The molecule has 0 N–H and O–H groups in total. The maximum absolute atomic E-state index is 14.1. The third-order valence-corrected chi connectivity index (χ3v) is 4.59. The van der Waals surface area contributed by atoms with Gasteiger partial charge in [0.2, 0.25) is 0 Å². The molecule has 0 saturated heterocycles. The molecule has 0 aliphatic carbocycles. The summed E-state index contributed by atoms with van der Waals surface area (Å²) in [6.45, 7) is 5.81. The van der Waals surface area contributed by atoms with Gasteiger partial charge in [0.1, 0.15) is 11.6 Å². The van der Waals surface area contributed by atoms with E-state index in [4.69, 9.17) is 11.6 Å². The van der Waals surface area contributed by atoms with Crippen molar-refractivity contribution < 1.29 is 8.78 Å². The molecule has 0 saturated carbocycles. The summed E-state index contributed by atoms with van der Waals surface area (Å²) in [4.78, 5) is 0. The molecule has 2 rings (SSSR count). The van der Waals surface area contributed by atoms with Crippen LogP contribution in [0.4, 0.5) is 8.78 Å². The van der Waals surface area contributed by atoms with Crippen molar-refractivity contribution in [2.24, 2.45) is 0 Å². The highest BCUT2D eigenvalue weighted by atomic mass is 35.5. The summed E-state index contributed by atoms with van der Waals surface area (Å²) in [7, 11) is 0. The van der Waals surface area contributed by atoms with E-state index in [-0.39, 0.29) is 17.2 Å². The highest BCUT2D eigenvalue weighted by molar-refractivity contribution is 6.31. The molecule has 4 heteroatoms. The molecule has 1 nitrogen and oxygen atoms in total. The lowest BCUT2D eigenvalue weighted by molar-refractivity contribution is 0.497. The summed E-state index contributed by atoms with van der Waals surface area (Å²) >= 11 is 6.14. The number of halogens is 3. The molecule has 0 unspecified atom stereocenters. The van der Waals surface area contributed by atoms with Crippen LogP contribution >= 0.6 is 11.6 Å². The van der Waals surface area contributed by atoms with Crippen LogP contribution in [0.15, 0.2) is 30.3 Å². The smallest absolute Gasteiger partial charge is 0.127 e. The number of hydrogen-bond acceptors (Lipinski definition) is 1. The first-order chi connectivity index (χ1) is 11.3. The molecule has 0 aliphatic rings. The average molecular weight is 348 g/mol. The van der Waals surface area contributed by atoms with Crippen molar-refractivity contribution in [2.45, 2.75) is 45.4 Å². The van der Waals surface area contributed by atoms with Gasteiger partial charge in [0.05, 0.1) is 11.6 Å². The van der Waals surface area contributed by atoms with Crippen molar-refractivity contribution in [3.05, 3.63) is 69.2 Å². The molecule has 0 radical (unpaired) electrons. The van der Waals surface area contributed by atoms with Gasteiger partial charge in [0.15, 0.2) is 0 Å². The van der Waals surface area contributed by atoms with Crippen LogP contribution in [0.25, 0.3) is 0 Å². The number of aryl methyl sites for hydroxylation is 1. The van der Waals surface area contributed by atoms with Gasteiger partial charge in [0.25, 0.3) is 0 Å². The van der Waals surface area contributed by atoms with Crippen molar-refractivity contribution in [3.8, 4) is 6.07 Å². The topological polar surface area (TPSA) is 23.8 Å². The van der Waals surface area contributed by atoms with Crippen LogP contribution in [0.5, 0.6) is 0 Å². The molecule has 24 heavy (non-hydrogen) atoms. The van der Waals surface area contributed by atoms with Gasteiger partial charge >= 0.3 is 0 Å². The van der Waals surface area contributed by atoms with E-state index in [9.17, 15) is 14.0 Å². The maximum atomic E-state index is 14.1. The third-order valence-electron chi connectivity index (χ3n) is 4.24. The van der Waals surface area contributed by atoms with E-state index >= 15 is 0 Å². The first-order valence-electron chi connectivity index (χ1n) is 7.96. The Labute approximate surface area is 146 Å². The molecule has 0 heterocycles. The zero-order chi connectivity index (χ0) is 17.9. The van der Waals surface area contributed by atoms with E-state index in [1.165, 1.54) is 12.1 Å². The quantitative estimate of drug-likeness (QED) is 0.654. The van der Waals surface area contributed by atoms with E-state index in [1.54, 1.807) is 18.2 Å². The van der Waals surface area contributed by atoms with Crippen LogP contribution in [-0.4, -0.2) is 0 Å². The van der Waals surface area contributed by atoms with E-state index in [0.717, 1.165) is 6.42 Å². The van der Waals surface area contributed by atoms with Crippen LogP contribution in [0.1, 0.15) is 49.4 Å². The summed E-state index contributed by atoms with van der Waals surface area (Å²) < 4.78 is 28.2. The van der Waals surface area contributed by atoms with Crippen LogP contribution in [0, 0.1) is 23.0 Å². The fourth-order valence-corrected chi connectivity index (χ4v) is 3.20. The number of nitrogens with zero attached hydrogens (tertiary/aromatic N) is 1. The molecular weight excluding hydrogens is 328 g/mol. The van der Waals surface area contributed by atoms with Crippen molar-refractivity contribution in [3.63, 3.8) is 0 Å². The predicted molar refractivity (Wildman–Crippen MR) is 93.3 cm³/mol. The molecule has 2 aromatic carbocycles. The second kappa shape index (κ2) is 7.32. The maximum Gasteiger partial charge on any atom is 0.127 e. The standard InChI is InChI=1S/C20H20ClF2N/c1-4-6-13-9-16(14(12-24)10-19(13)23)20(2,3)11-15-17(21)7-5-8-18(15)22/h5,7-10H,4,6,11H2,1-3H3. The predicted octanol–water partition coefficient (Wildman–Crippen LogP) is 5.96. The average Bonchev–Trinajstić information content (AvgIpc) is 2.52. The number of benzene rings is 2. The molecule has 0 aromatic heterocycles. The minimum Gasteiger partial charge on any atom is -0.207 e. The van der Waals surface area contributed by atoms with Crippen molar-refractivity contribution in [1.82, 2.24) is 0 Å².